The lowest BCUT2D eigenvalue weighted by molar-refractivity contribution is 0.0532. The summed E-state index contributed by atoms with van der Waals surface area (Å²) < 4.78 is 4.78. The van der Waals surface area contributed by atoms with Gasteiger partial charge in [0.05, 0.1) is 12.2 Å². The molecule has 0 saturated heterocycles. The maximum Gasteiger partial charge on any atom is 0.348 e. The van der Waals surface area contributed by atoms with E-state index in [1.807, 2.05) is 6.07 Å². The summed E-state index contributed by atoms with van der Waals surface area (Å²) in [6.07, 6.45) is 0. The van der Waals surface area contributed by atoms with Gasteiger partial charge in [0.1, 0.15) is 15.9 Å². The summed E-state index contributed by atoms with van der Waals surface area (Å²) in [4.78, 5) is 11.6. The Labute approximate surface area is 85.1 Å². The van der Waals surface area contributed by atoms with Gasteiger partial charge in [-0.3, -0.25) is 0 Å². The average Bonchev–Trinajstić information content (AvgIpc) is 2.61. The fraction of sp³-hybridized carbons (Fsp3) is 0.250. The second kappa shape index (κ2) is 4.60. The van der Waals surface area contributed by atoms with Crippen molar-refractivity contribution in [1.82, 2.24) is 0 Å². The smallest absolute Gasteiger partial charge is 0.348 e. The molecule has 0 atom stereocenters. The van der Waals surface area contributed by atoms with Gasteiger partial charge < -0.3 is 10.2 Å². The average molecular weight is 211 g/mol. The van der Waals surface area contributed by atoms with Crippen molar-refractivity contribution in [3.05, 3.63) is 16.5 Å². The number of nitriles is 1. The molecule has 0 saturated carbocycles. The molecule has 0 unspecified atom stereocenters. The van der Waals surface area contributed by atoms with Gasteiger partial charge in [-0.1, -0.05) is 0 Å². The molecule has 1 heterocycles. The number of carbonyl (C=O) groups is 1. The minimum atomic E-state index is -0.435. The monoisotopic (exact) mass is 211 g/mol. The fourth-order valence-electron chi connectivity index (χ4n) is 0.884. The second-order valence-electron chi connectivity index (χ2n) is 2.33. The number of nitrogen functional groups attached to an aromatic ring is 1. The molecule has 0 radical (unpaired) electrons. The summed E-state index contributed by atoms with van der Waals surface area (Å²) in [5.41, 5.74) is 2.70. The number of nitrogens with zero attached hydrogens (tertiary/aromatic N) is 1. The summed E-state index contributed by atoms with van der Waals surface area (Å²) in [5.74, 6) is 4.74. The topological polar surface area (TPSA) is 88.1 Å². The van der Waals surface area contributed by atoms with Crippen molar-refractivity contribution in [1.29, 1.82) is 5.26 Å². The van der Waals surface area contributed by atoms with Crippen LogP contribution in [-0.2, 0) is 4.74 Å². The van der Waals surface area contributed by atoms with Gasteiger partial charge in [-0.25, -0.2) is 10.6 Å². The molecule has 1 aromatic rings. The fourth-order valence-corrected chi connectivity index (χ4v) is 1.70. The molecule has 1 aromatic heterocycles. The van der Waals surface area contributed by atoms with E-state index in [9.17, 15) is 4.79 Å². The highest BCUT2D eigenvalue weighted by Gasteiger charge is 2.14. The minimum absolute atomic E-state index is 0.310. The van der Waals surface area contributed by atoms with Gasteiger partial charge in [0.25, 0.3) is 0 Å². The van der Waals surface area contributed by atoms with Crippen molar-refractivity contribution >= 4 is 22.3 Å². The zero-order chi connectivity index (χ0) is 10.6. The van der Waals surface area contributed by atoms with Crippen molar-refractivity contribution in [3.63, 3.8) is 0 Å². The molecule has 14 heavy (non-hydrogen) atoms. The quantitative estimate of drug-likeness (QED) is 0.443. The summed E-state index contributed by atoms with van der Waals surface area (Å²) >= 11 is 1.10. The first-order valence-electron chi connectivity index (χ1n) is 3.90. The van der Waals surface area contributed by atoms with Crippen LogP contribution in [0.25, 0.3) is 0 Å². The summed E-state index contributed by atoms with van der Waals surface area (Å²) in [6.45, 7) is 2.03. The molecule has 0 aromatic carbocycles. The molecule has 0 amide bonds. The summed E-state index contributed by atoms with van der Waals surface area (Å²) in [5, 5.41) is 9.15. The number of hydrogen-bond acceptors (Lipinski definition) is 6. The number of nitrogens with two attached hydrogens (primary N) is 1. The Morgan fingerprint density at radius 3 is 3.00 bits per heavy atom. The summed E-state index contributed by atoms with van der Waals surface area (Å²) in [6, 6.07) is 3.38. The van der Waals surface area contributed by atoms with Crippen LogP contribution in [0.5, 0.6) is 0 Å². The second-order valence-corrected chi connectivity index (χ2v) is 3.38. The molecular weight excluding hydrogens is 202 g/mol. The molecule has 6 heteroatoms. The van der Waals surface area contributed by atoms with Crippen LogP contribution >= 0.6 is 11.3 Å². The van der Waals surface area contributed by atoms with E-state index >= 15 is 0 Å². The van der Waals surface area contributed by atoms with Crippen molar-refractivity contribution in [2.24, 2.45) is 5.84 Å². The van der Waals surface area contributed by atoms with Crippen LogP contribution < -0.4 is 11.3 Å². The van der Waals surface area contributed by atoms with Crippen molar-refractivity contribution in [2.45, 2.75) is 6.92 Å². The highest BCUT2D eigenvalue weighted by molar-refractivity contribution is 7.18. The normalized spacial score (nSPS) is 9.21. The lowest BCUT2D eigenvalue weighted by Gasteiger charge is -1.96. The molecule has 5 nitrogen and oxygen atoms in total. The van der Waals surface area contributed by atoms with E-state index in [-0.39, 0.29) is 0 Å². The molecule has 74 valence electrons. The SMILES string of the molecule is CCOC(=O)c1cc(C#N)c(NN)s1. The van der Waals surface area contributed by atoms with Crippen LogP contribution in [0.2, 0.25) is 0 Å². The zero-order valence-corrected chi connectivity index (χ0v) is 8.35. The van der Waals surface area contributed by atoms with E-state index in [4.69, 9.17) is 15.8 Å². The number of hydrazine groups is 1. The van der Waals surface area contributed by atoms with Crippen molar-refractivity contribution in [3.8, 4) is 6.07 Å². The molecule has 0 aliphatic rings. The molecule has 0 aliphatic carbocycles. The van der Waals surface area contributed by atoms with Crippen molar-refractivity contribution < 1.29 is 9.53 Å². The first-order chi connectivity index (χ1) is 6.72. The van der Waals surface area contributed by atoms with Gasteiger partial charge in [-0.2, -0.15) is 5.26 Å². The van der Waals surface area contributed by atoms with E-state index in [2.05, 4.69) is 5.43 Å². The third-order valence-corrected chi connectivity index (χ3v) is 2.51. The van der Waals surface area contributed by atoms with E-state index in [1.165, 1.54) is 6.07 Å². The number of rotatable bonds is 3. The van der Waals surface area contributed by atoms with Gasteiger partial charge in [-0.05, 0) is 13.0 Å². The largest absolute Gasteiger partial charge is 0.462 e. The van der Waals surface area contributed by atoms with Gasteiger partial charge in [0, 0.05) is 0 Å². The number of carbonyl (C=O) groups excluding carboxylic acids is 1. The number of nitrogens with one attached hydrogen (secondary N) is 1. The predicted octanol–water partition coefficient (Wildman–Crippen LogP) is 1.08. The van der Waals surface area contributed by atoms with Crippen LogP contribution in [0.4, 0.5) is 5.00 Å². The molecular formula is C8H9N3O2S. The maximum absolute atomic E-state index is 11.3. The Morgan fingerprint density at radius 2 is 2.57 bits per heavy atom. The van der Waals surface area contributed by atoms with Crippen LogP contribution in [0, 0.1) is 11.3 Å². The number of anilines is 1. The van der Waals surface area contributed by atoms with Crippen LogP contribution in [0.1, 0.15) is 22.2 Å². The van der Waals surface area contributed by atoms with Gasteiger partial charge >= 0.3 is 5.97 Å². The lowest BCUT2D eigenvalue weighted by atomic mass is 10.3. The third kappa shape index (κ3) is 2.02. The van der Waals surface area contributed by atoms with Crippen LogP contribution in [0.3, 0.4) is 0 Å². The Hall–Kier alpha value is -1.58. The maximum atomic E-state index is 11.3. The van der Waals surface area contributed by atoms with Crippen LogP contribution in [0.15, 0.2) is 6.07 Å². The molecule has 3 N–H and O–H groups in total. The van der Waals surface area contributed by atoms with Gasteiger partial charge in [0.15, 0.2) is 0 Å². The van der Waals surface area contributed by atoms with Gasteiger partial charge in [-0.15, -0.1) is 11.3 Å². The lowest BCUT2D eigenvalue weighted by Crippen LogP contribution is -2.05. The first-order valence-corrected chi connectivity index (χ1v) is 4.72. The molecule has 0 spiro atoms. The number of hydrogen-bond donors (Lipinski definition) is 2. The summed E-state index contributed by atoms with van der Waals surface area (Å²) in [7, 11) is 0. The highest BCUT2D eigenvalue weighted by atomic mass is 32.1. The van der Waals surface area contributed by atoms with Crippen molar-refractivity contribution in [2.75, 3.05) is 12.0 Å². The van der Waals surface area contributed by atoms with E-state index in [1.54, 1.807) is 6.92 Å². The zero-order valence-electron chi connectivity index (χ0n) is 7.53. The van der Waals surface area contributed by atoms with E-state index in [0.29, 0.717) is 22.0 Å². The Bertz CT molecular complexity index is 380. The highest BCUT2D eigenvalue weighted by Crippen LogP contribution is 2.26. The Balaban J connectivity index is 2.96. The number of esters is 1. The minimum Gasteiger partial charge on any atom is -0.462 e. The molecule has 0 aliphatic heterocycles. The standard InChI is InChI=1S/C8H9N3O2S/c1-2-13-8(12)6-3-5(4-9)7(11-10)14-6/h3,11H,2,10H2,1H3. The Morgan fingerprint density at radius 1 is 1.86 bits per heavy atom. The number of thiophene rings is 1. The van der Waals surface area contributed by atoms with Crippen LogP contribution in [-0.4, -0.2) is 12.6 Å². The Kier molecular flexibility index (Phi) is 3.45. The van der Waals surface area contributed by atoms with E-state index in [0.717, 1.165) is 11.3 Å². The van der Waals surface area contributed by atoms with E-state index < -0.39 is 5.97 Å². The van der Waals surface area contributed by atoms with Gasteiger partial charge in [0.2, 0.25) is 0 Å². The molecule has 0 bridgehead atoms. The third-order valence-electron chi connectivity index (χ3n) is 1.46. The molecule has 1 rings (SSSR count). The first kappa shape index (κ1) is 10.5. The molecule has 0 fully saturated rings. The number of ether oxygens (including phenoxy) is 1. The predicted molar refractivity (Wildman–Crippen MR) is 52.8 cm³/mol.